The van der Waals surface area contributed by atoms with E-state index in [0.29, 0.717) is 24.2 Å². The maximum absolute atomic E-state index is 11.2. The van der Waals surface area contributed by atoms with Gasteiger partial charge in [0.25, 0.3) is 0 Å². The van der Waals surface area contributed by atoms with Gasteiger partial charge in [-0.2, -0.15) is 0 Å². The number of rotatable bonds is 11. The fourth-order valence-electron chi connectivity index (χ4n) is 5.17. The van der Waals surface area contributed by atoms with E-state index in [9.17, 15) is 4.79 Å². The van der Waals surface area contributed by atoms with E-state index in [0.717, 1.165) is 25.7 Å². The number of primary amides is 1. The Hall–Kier alpha value is -1.17. The number of allylic oxidation sites excluding steroid dienone is 3. The number of hydrogen-bond donors (Lipinski definition) is 1. The van der Waals surface area contributed by atoms with Crippen LogP contribution in [0.2, 0.25) is 0 Å². The summed E-state index contributed by atoms with van der Waals surface area (Å²) in [7, 11) is 1.79. The summed E-state index contributed by atoms with van der Waals surface area (Å²) in [5.74, 6) is 0.986. The second-order valence-electron chi connectivity index (χ2n) is 9.77. The number of ether oxygens (including phenoxy) is 3. The summed E-state index contributed by atoms with van der Waals surface area (Å²) in [6, 6.07) is 0. The number of carbonyl (C=O) groups is 1. The van der Waals surface area contributed by atoms with Gasteiger partial charge in [-0.1, -0.05) is 45.9 Å². The summed E-state index contributed by atoms with van der Waals surface area (Å²) in [6.45, 7) is 13.2. The molecule has 2 heterocycles. The van der Waals surface area contributed by atoms with Gasteiger partial charge in [-0.3, -0.25) is 4.79 Å². The number of nitrogens with two attached hydrogens (primary N) is 1. The highest BCUT2D eigenvalue weighted by atomic mass is 16.6. The smallest absolute Gasteiger partial charge is 0.220 e. The molecule has 1 unspecified atom stereocenters. The first-order valence-electron chi connectivity index (χ1n) is 11.6. The van der Waals surface area contributed by atoms with E-state index >= 15 is 0 Å². The second-order valence-corrected chi connectivity index (χ2v) is 9.77. The highest BCUT2D eigenvalue weighted by Gasteiger charge is 2.56. The van der Waals surface area contributed by atoms with Crippen LogP contribution in [0.4, 0.5) is 0 Å². The molecule has 8 atom stereocenters. The largest absolute Gasteiger partial charge is 0.381 e. The number of epoxide rings is 1. The normalized spacial score (nSPS) is 35.2. The first-order valence-corrected chi connectivity index (χ1v) is 11.6. The molecular weight excluding hydrogens is 378 g/mol. The van der Waals surface area contributed by atoms with Crippen LogP contribution in [0.15, 0.2) is 23.8 Å². The van der Waals surface area contributed by atoms with Crippen LogP contribution in [-0.2, 0) is 19.0 Å². The van der Waals surface area contributed by atoms with E-state index in [1.807, 2.05) is 0 Å². The molecule has 2 rings (SSSR count). The highest BCUT2D eigenvalue weighted by Crippen LogP contribution is 2.47. The Labute approximate surface area is 183 Å². The Balaban J connectivity index is 1.87. The predicted molar refractivity (Wildman–Crippen MR) is 121 cm³/mol. The molecule has 0 aromatic rings. The summed E-state index contributed by atoms with van der Waals surface area (Å²) < 4.78 is 17.9. The van der Waals surface area contributed by atoms with Crippen molar-refractivity contribution in [2.24, 2.45) is 23.5 Å². The van der Waals surface area contributed by atoms with Crippen LogP contribution in [0, 0.1) is 17.8 Å². The standard InChI is InChI=1S/C25H43NO4/c1-8-21(28-7)19(5)24-25(6,30-24)15-16(2)10-9-11-17(3)23-18(4)12-13-20(29-23)14-22(26)27/h9-11,16,18-21,23-24H,8,12-15H2,1-7H3,(H2,26,27)/b10-9+,17-11+/t16-,18+,19-,20-,21+,23-,24?,25-/m1/s1. The topological polar surface area (TPSA) is 74.1 Å². The van der Waals surface area contributed by atoms with Gasteiger partial charge in [0.1, 0.15) is 0 Å². The zero-order valence-electron chi connectivity index (χ0n) is 20.0. The minimum absolute atomic E-state index is 0.0533. The average Bonchev–Trinajstić information content (AvgIpc) is 3.34. The first kappa shape index (κ1) is 25.1. The zero-order valence-corrected chi connectivity index (χ0v) is 20.0. The van der Waals surface area contributed by atoms with Crippen molar-refractivity contribution >= 4 is 5.91 Å². The third kappa shape index (κ3) is 6.66. The van der Waals surface area contributed by atoms with E-state index < -0.39 is 0 Å². The summed E-state index contributed by atoms with van der Waals surface area (Å²) >= 11 is 0. The lowest BCUT2D eigenvalue weighted by molar-refractivity contribution is -0.125. The molecular formula is C25H43NO4. The number of amides is 1. The lowest BCUT2D eigenvalue weighted by Crippen LogP contribution is -2.36. The lowest BCUT2D eigenvalue weighted by Gasteiger charge is -2.35. The minimum atomic E-state index is -0.289. The molecule has 0 saturated carbocycles. The summed E-state index contributed by atoms with van der Waals surface area (Å²) in [5.41, 5.74) is 6.49. The highest BCUT2D eigenvalue weighted by molar-refractivity contribution is 5.74. The van der Waals surface area contributed by atoms with Crippen molar-refractivity contribution in [2.75, 3.05) is 7.11 Å². The van der Waals surface area contributed by atoms with Gasteiger partial charge in [0.15, 0.2) is 0 Å². The number of carbonyl (C=O) groups excluding carboxylic acids is 1. The van der Waals surface area contributed by atoms with Crippen LogP contribution in [0.5, 0.6) is 0 Å². The Bertz CT molecular complexity index is 627. The second kappa shape index (κ2) is 10.9. The van der Waals surface area contributed by atoms with Crippen molar-refractivity contribution in [3.63, 3.8) is 0 Å². The van der Waals surface area contributed by atoms with E-state index in [1.54, 1.807) is 7.11 Å². The van der Waals surface area contributed by atoms with Gasteiger partial charge >= 0.3 is 0 Å². The fourth-order valence-corrected chi connectivity index (χ4v) is 5.17. The molecule has 2 N–H and O–H groups in total. The SMILES string of the molecule is CC[C@H](OC)[C@@H](C)C1O[C@]1(C)C[C@H](C)/C=C/C=C(\C)[C@H]1O[C@@H](CC(N)=O)CC[C@@H]1C. The van der Waals surface area contributed by atoms with E-state index in [2.05, 4.69) is 59.8 Å². The minimum Gasteiger partial charge on any atom is -0.381 e. The Kier molecular flexibility index (Phi) is 9.13. The Morgan fingerprint density at radius 3 is 2.63 bits per heavy atom. The van der Waals surface area contributed by atoms with Gasteiger partial charge in [-0.05, 0) is 56.9 Å². The van der Waals surface area contributed by atoms with Crippen LogP contribution < -0.4 is 5.73 Å². The summed E-state index contributed by atoms with van der Waals surface area (Å²) in [4.78, 5) is 11.2. The predicted octanol–water partition coefficient (Wildman–Crippen LogP) is 4.79. The third-order valence-corrected chi connectivity index (χ3v) is 6.91. The van der Waals surface area contributed by atoms with Crippen molar-refractivity contribution < 1.29 is 19.0 Å². The molecule has 0 aliphatic carbocycles. The molecule has 172 valence electrons. The van der Waals surface area contributed by atoms with Gasteiger partial charge in [0.2, 0.25) is 5.91 Å². The third-order valence-electron chi connectivity index (χ3n) is 6.91. The maximum Gasteiger partial charge on any atom is 0.220 e. The molecule has 2 saturated heterocycles. The molecule has 0 aromatic heterocycles. The van der Waals surface area contributed by atoms with Crippen LogP contribution in [-0.4, -0.2) is 43.0 Å². The fraction of sp³-hybridized carbons (Fsp3) is 0.800. The molecule has 30 heavy (non-hydrogen) atoms. The van der Waals surface area contributed by atoms with Crippen molar-refractivity contribution in [3.05, 3.63) is 23.8 Å². The molecule has 0 bridgehead atoms. The van der Waals surface area contributed by atoms with Gasteiger partial charge < -0.3 is 19.9 Å². The monoisotopic (exact) mass is 421 g/mol. The van der Waals surface area contributed by atoms with Crippen LogP contribution >= 0.6 is 0 Å². The van der Waals surface area contributed by atoms with Crippen molar-refractivity contribution in [1.29, 1.82) is 0 Å². The molecule has 2 aliphatic heterocycles. The van der Waals surface area contributed by atoms with E-state index in [4.69, 9.17) is 19.9 Å². The maximum atomic E-state index is 11.2. The molecule has 2 aliphatic rings. The molecule has 5 nitrogen and oxygen atoms in total. The zero-order chi connectivity index (χ0) is 22.5. The molecule has 5 heteroatoms. The molecule has 0 radical (unpaired) electrons. The summed E-state index contributed by atoms with van der Waals surface area (Å²) in [5, 5.41) is 0. The van der Waals surface area contributed by atoms with Crippen LogP contribution in [0.3, 0.4) is 0 Å². The van der Waals surface area contributed by atoms with Crippen molar-refractivity contribution in [2.45, 2.75) is 104 Å². The Morgan fingerprint density at radius 2 is 2.03 bits per heavy atom. The quantitative estimate of drug-likeness (QED) is 0.384. The van der Waals surface area contributed by atoms with E-state index in [-0.39, 0.29) is 35.9 Å². The van der Waals surface area contributed by atoms with Crippen LogP contribution in [0.1, 0.15) is 73.6 Å². The Morgan fingerprint density at radius 1 is 1.33 bits per heavy atom. The van der Waals surface area contributed by atoms with Gasteiger partial charge in [-0.15, -0.1) is 0 Å². The number of hydrogen-bond acceptors (Lipinski definition) is 4. The van der Waals surface area contributed by atoms with Gasteiger partial charge in [0.05, 0.1) is 36.4 Å². The average molecular weight is 422 g/mol. The summed E-state index contributed by atoms with van der Waals surface area (Å²) in [6.07, 6.45) is 11.3. The number of methoxy groups -OCH3 is 1. The molecule has 2 fully saturated rings. The first-order chi connectivity index (χ1) is 14.1. The van der Waals surface area contributed by atoms with Crippen LogP contribution in [0.25, 0.3) is 0 Å². The van der Waals surface area contributed by atoms with Crippen molar-refractivity contribution in [1.82, 2.24) is 0 Å². The van der Waals surface area contributed by atoms with Crippen molar-refractivity contribution in [3.8, 4) is 0 Å². The van der Waals surface area contributed by atoms with E-state index in [1.165, 1.54) is 5.57 Å². The molecule has 0 spiro atoms. The van der Waals surface area contributed by atoms with Gasteiger partial charge in [-0.25, -0.2) is 0 Å². The molecule has 0 aromatic carbocycles. The van der Waals surface area contributed by atoms with Gasteiger partial charge in [0, 0.05) is 13.0 Å². The molecule has 1 amide bonds. The lowest BCUT2D eigenvalue weighted by atomic mass is 9.86.